The van der Waals surface area contributed by atoms with E-state index in [-0.39, 0.29) is 30.6 Å². The standard InChI is InChI=1S/C23H40N4O2.HI/c1-4-24-23(26-17-22(9-12-28)15-19(2)3)25-16-20-5-7-21(8-6-20)18-27-10-13-29-14-11-27;/h5-8,19,22,28H,4,9-18H2,1-3H3,(H2,24,25,26);1H. The monoisotopic (exact) mass is 532 g/mol. The van der Waals surface area contributed by atoms with E-state index in [9.17, 15) is 5.11 Å². The summed E-state index contributed by atoms with van der Waals surface area (Å²) in [7, 11) is 0. The zero-order chi connectivity index (χ0) is 20.9. The number of hydrogen-bond acceptors (Lipinski definition) is 4. The number of halogens is 1. The minimum absolute atomic E-state index is 0. The maximum Gasteiger partial charge on any atom is 0.191 e. The van der Waals surface area contributed by atoms with Gasteiger partial charge < -0.3 is 20.5 Å². The molecular weight excluding hydrogens is 491 g/mol. The number of nitrogens with one attached hydrogen (secondary N) is 2. The summed E-state index contributed by atoms with van der Waals surface area (Å²) in [5.41, 5.74) is 2.55. The number of aliphatic hydroxyl groups excluding tert-OH is 1. The van der Waals surface area contributed by atoms with E-state index < -0.39 is 0 Å². The molecule has 1 aromatic carbocycles. The third kappa shape index (κ3) is 10.9. The lowest BCUT2D eigenvalue weighted by Gasteiger charge is -2.26. The number of morpholine rings is 1. The third-order valence-corrected chi connectivity index (χ3v) is 5.20. The second-order valence-electron chi connectivity index (χ2n) is 8.29. The zero-order valence-corrected chi connectivity index (χ0v) is 21.2. The summed E-state index contributed by atoms with van der Waals surface area (Å²) >= 11 is 0. The van der Waals surface area contributed by atoms with Crippen LogP contribution in [0.4, 0.5) is 0 Å². The topological polar surface area (TPSA) is 69.1 Å². The number of nitrogens with zero attached hydrogens (tertiary/aromatic N) is 2. The minimum Gasteiger partial charge on any atom is -0.396 e. The van der Waals surface area contributed by atoms with E-state index in [1.807, 2.05) is 0 Å². The number of aliphatic hydroxyl groups is 1. The molecule has 1 heterocycles. The molecule has 0 aromatic heterocycles. The molecule has 1 saturated heterocycles. The van der Waals surface area contributed by atoms with Crippen molar-refractivity contribution in [1.29, 1.82) is 0 Å². The molecule has 3 N–H and O–H groups in total. The van der Waals surface area contributed by atoms with Crippen LogP contribution in [0.1, 0.15) is 44.7 Å². The molecule has 0 saturated carbocycles. The molecule has 30 heavy (non-hydrogen) atoms. The van der Waals surface area contributed by atoms with Crippen molar-refractivity contribution in [3.05, 3.63) is 35.4 Å². The molecular formula is C23H41IN4O2. The van der Waals surface area contributed by atoms with E-state index in [1.54, 1.807) is 0 Å². The van der Waals surface area contributed by atoms with Crippen LogP contribution in [-0.4, -0.2) is 62.0 Å². The molecule has 1 aliphatic rings. The van der Waals surface area contributed by atoms with Crippen LogP contribution in [0.15, 0.2) is 29.3 Å². The Bertz CT molecular complexity index is 589. The maximum absolute atomic E-state index is 9.31. The van der Waals surface area contributed by atoms with Crippen molar-refractivity contribution in [3.63, 3.8) is 0 Å². The van der Waals surface area contributed by atoms with Gasteiger partial charge in [0.25, 0.3) is 0 Å². The van der Waals surface area contributed by atoms with E-state index in [2.05, 4.69) is 60.6 Å². The highest BCUT2D eigenvalue weighted by Gasteiger charge is 2.12. The number of hydrogen-bond donors (Lipinski definition) is 3. The second-order valence-corrected chi connectivity index (χ2v) is 8.29. The molecule has 6 nitrogen and oxygen atoms in total. The molecule has 1 unspecified atom stereocenters. The van der Waals surface area contributed by atoms with E-state index in [4.69, 9.17) is 9.73 Å². The van der Waals surface area contributed by atoms with Crippen LogP contribution in [0.3, 0.4) is 0 Å². The van der Waals surface area contributed by atoms with Crippen molar-refractivity contribution in [2.24, 2.45) is 16.8 Å². The van der Waals surface area contributed by atoms with E-state index in [0.29, 0.717) is 18.4 Å². The van der Waals surface area contributed by atoms with Gasteiger partial charge in [0.05, 0.1) is 19.8 Å². The average Bonchev–Trinajstić information content (AvgIpc) is 2.71. The summed E-state index contributed by atoms with van der Waals surface area (Å²) in [6, 6.07) is 8.77. The van der Waals surface area contributed by atoms with Crippen LogP contribution in [0.2, 0.25) is 0 Å². The van der Waals surface area contributed by atoms with Crippen LogP contribution in [0.25, 0.3) is 0 Å². The molecule has 1 atom stereocenters. The summed E-state index contributed by atoms with van der Waals surface area (Å²) < 4.78 is 5.42. The Morgan fingerprint density at radius 3 is 2.40 bits per heavy atom. The number of benzene rings is 1. The Hall–Kier alpha value is -0.900. The van der Waals surface area contributed by atoms with E-state index in [0.717, 1.165) is 64.7 Å². The first kappa shape index (κ1) is 27.1. The van der Waals surface area contributed by atoms with Crippen LogP contribution >= 0.6 is 24.0 Å². The van der Waals surface area contributed by atoms with Crippen molar-refractivity contribution < 1.29 is 9.84 Å². The first-order valence-electron chi connectivity index (χ1n) is 11.1. The Labute approximate surface area is 199 Å². The zero-order valence-electron chi connectivity index (χ0n) is 18.9. The predicted octanol–water partition coefficient (Wildman–Crippen LogP) is 3.24. The molecule has 0 aliphatic carbocycles. The number of guanidine groups is 1. The number of rotatable bonds is 11. The van der Waals surface area contributed by atoms with Crippen molar-refractivity contribution in [1.82, 2.24) is 15.5 Å². The summed E-state index contributed by atoms with van der Waals surface area (Å²) in [5, 5.41) is 16.1. The fourth-order valence-corrected chi connectivity index (χ4v) is 3.67. The van der Waals surface area contributed by atoms with Gasteiger partial charge in [0.1, 0.15) is 0 Å². The van der Waals surface area contributed by atoms with E-state index >= 15 is 0 Å². The SMILES string of the molecule is CCNC(=NCc1ccc(CN2CCOCC2)cc1)NCC(CCO)CC(C)C.I. The number of ether oxygens (including phenoxy) is 1. The summed E-state index contributed by atoms with van der Waals surface area (Å²) in [6.07, 6.45) is 1.94. The third-order valence-electron chi connectivity index (χ3n) is 5.20. The lowest BCUT2D eigenvalue weighted by Crippen LogP contribution is -2.40. The molecule has 1 aromatic rings. The normalized spacial score (nSPS) is 16.2. The van der Waals surface area contributed by atoms with Gasteiger partial charge in [-0.1, -0.05) is 38.1 Å². The quantitative estimate of drug-likeness (QED) is 0.232. The van der Waals surface area contributed by atoms with Gasteiger partial charge in [-0.05, 0) is 42.7 Å². The fraction of sp³-hybridized carbons (Fsp3) is 0.696. The van der Waals surface area contributed by atoms with Gasteiger partial charge in [0.15, 0.2) is 5.96 Å². The van der Waals surface area contributed by atoms with Crippen LogP contribution in [0, 0.1) is 11.8 Å². The largest absolute Gasteiger partial charge is 0.396 e. The van der Waals surface area contributed by atoms with Crippen molar-refractivity contribution in [2.75, 3.05) is 46.0 Å². The van der Waals surface area contributed by atoms with Crippen LogP contribution in [0.5, 0.6) is 0 Å². The van der Waals surface area contributed by atoms with Gasteiger partial charge in [-0.15, -0.1) is 24.0 Å². The Kier molecular flexibility index (Phi) is 14.3. The van der Waals surface area contributed by atoms with Crippen LogP contribution in [-0.2, 0) is 17.8 Å². The molecule has 0 radical (unpaired) electrons. The summed E-state index contributed by atoms with van der Waals surface area (Å²) in [4.78, 5) is 7.18. The smallest absolute Gasteiger partial charge is 0.191 e. The molecule has 1 fully saturated rings. The predicted molar refractivity (Wildman–Crippen MR) is 135 cm³/mol. The van der Waals surface area contributed by atoms with Crippen molar-refractivity contribution >= 4 is 29.9 Å². The maximum atomic E-state index is 9.31. The van der Waals surface area contributed by atoms with Gasteiger partial charge in [-0.25, -0.2) is 4.99 Å². The van der Waals surface area contributed by atoms with Gasteiger partial charge in [0.2, 0.25) is 0 Å². The molecule has 1 aliphatic heterocycles. The van der Waals surface area contributed by atoms with Gasteiger partial charge in [0, 0.05) is 39.3 Å². The highest BCUT2D eigenvalue weighted by atomic mass is 127. The van der Waals surface area contributed by atoms with Crippen molar-refractivity contribution in [3.8, 4) is 0 Å². The Morgan fingerprint density at radius 1 is 1.13 bits per heavy atom. The minimum atomic E-state index is 0. The summed E-state index contributed by atoms with van der Waals surface area (Å²) in [5.74, 6) is 1.93. The second kappa shape index (κ2) is 15.8. The Balaban J connectivity index is 0.00000450. The molecule has 0 bridgehead atoms. The first-order chi connectivity index (χ1) is 14.1. The first-order valence-corrected chi connectivity index (χ1v) is 11.1. The molecule has 172 valence electrons. The van der Waals surface area contributed by atoms with Crippen molar-refractivity contribution in [2.45, 2.75) is 46.7 Å². The summed E-state index contributed by atoms with van der Waals surface area (Å²) in [6.45, 7) is 13.8. The van der Waals surface area contributed by atoms with Crippen LogP contribution < -0.4 is 10.6 Å². The molecule has 7 heteroatoms. The lowest BCUT2D eigenvalue weighted by atomic mass is 9.94. The highest BCUT2D eigenvalue weighted by Crippen LogP contribution is 2.14. The number of aliphatic imine (C=N–C) groups is 1. The average molecular weight is 533 g/mol. The van der Waals surface area contributed by atoms with Gasteiger partial charge >= 0.3 is 0 Å². The fourth-order valence-electron chi connectivity index (χ4n) is 3.67. The highest BCUT2D eigenvalue weighted by molar-refractivity contribution is 14.0. The van der Waals surface area contributed by atoms with E-state index in [1.165, 1.54) is 11.1 Å². The molecule has 0 amide bonds. The Morgan fingerprint density at radius 2 is 1.80 bits per heavy atom. The molecule has 2 rings (SSSR count). The molecule has 0 spiro atoms. The lowest BCUT2D eigenvalue weighted by molar-refractivity contribution is 0.0342. The van der Waals surface area contributed by atoms with Gasteiger partial charge in [-0.3, -0.25) is 4.90 Å². The van der Waals surface area contributed by atoms with Gasteiger partial charge in [-0.2, -0.15) is 0 Å².